The molecule has 2 aliphatic rings. The molecule has 0 bridgehead atoms. The summed E-state index contributed by atoms with van der Waals surface area (Å²) in [7, 11) is 0. The molecule has 1 atom stereocenters. The third kappa shape index (κ3) is 2.63. The first-order valence-corrected chi connectivity index (χ1v) is 10.5. The number of aromatic amines is 1. The number of nitrogens with zero attached hydrogens (tertiary/aromatic N) is 1. The van der Waals surface area contributed by atoms with Gasteiger partial charge in [-0.15, -0.1) is 0 Å². The van der Waals surface area contributed by atoms with E-state index >= 15 is 0 Å². The summed E-state index contributed by atoms with van der Waals surface area (Å²) in [5, 5.41) is 11.9. The summed E-state index contributed by atoms with van der Waals surface area (Å²) < 4.78 is 0. The molecule has 152 valence electrons. The standard InChI is InChI=1S/C25H23ClN2O2/c1-14-4-6-21-19(10-14)18-8-9-28-13-16(11-15(2)25(28,3)24(18)27-21)23(30)20-12-17(26)5-7-22(20)29/h4-7,10-13,27,29H,8-9H2,1-3H3. The summed E-state index contributed by atoms with van der Waals surface area (Å²) in [5.74, 6) is -0.286. The Balaban J connectivity index is 1.60. The van der Waals surface area contributed by atoms with Crippen molar-refractivity contribution < 1.29 is 9.90 Å². The first-order chi connectivity index (χ1) is 14.3. The smallest absolute Gasteiger partial charge is 0.198 e. The number of halogens is 1. The molecule has 0 saturated carbocycles. The number of ketones is 1. The quantitative estimate of drug-likeness (QED) is 0.530. The molecule has 2 aromatic carbocycles. The lowest BCUT2D eigenvalue weighted by molar-refractivity contribution is 0.102. The summed E-state index contributed by atoms with van der Waals surface area (Å²) in [6.45, 7) is 7.20. The fourth-order valence-corrected chi connectivity index (χ4v) is 4.97. The minimum Gasteiger partial charge on any atom is -0.507 e. The van der Waals surface area contributed by atoms with Gasteiger partial charge in [-0.2, -0.15) is 0 Å². The van der Waals surface area contributed by atoms with E-state index in [1.54, 1.807) is 6.07 Å². The van der Waals surface area contributed by atoms with Crippen molar-refractivity contribution >= 4 is 28.3 Å². The normalized spacial score (nSPS) is 20.5. The molecule has 0 saturated heterocycles. The Morgan fingerprint density at radius 2 is 2.00 bits per heavy atom. The zero-order chi connectivity index (χ0) is 21.2. The van der Waals surface area contributed by atoms with E-state index in [9.17, 15) is 9.90 Å². The van der Waals surface area contributed by atoms with Gasteiger partial charge in [0.15, 0.2) is 5.78 Å². The second-order valence-corrected chi connectivity index (χ2v) is 8.88. The van der Waals surface area contributed by atoms with E-state index in [1.165, 1.54) is 34.3 Å². The van der Waals surface area contributed by atoms with E-state index in [0.717, 1.165) is 24.1 Å². The van der Waals surface area contributed by atoms with Crippen LogP contribution in [0.25, 0.3) is 10.9 Å². The molecule has 0 aliphatic carbocycles. The molecule has 0 amide bonds. The highest BCUT2D eigenvalue weighted by atomic mass is 35.5. The summed E-state index contributed by atoms with van der Waals surface area (Å²) in [4.78, 5) is 19.0. The Labute approximate surface area is 180 Å². The van der Waals surface area contributed by atoms with Crippen molar-refractivity contribution in [2.24, 2.45) is 0 Å². The van der Waals surface area contributed by atoms with Crippen LogP contribution in [0, 0.1) is 6.92 Å². The van der Waals surface area contributed by atoms with Crippen molar-refractivity contribution in [1.82, 2.24) is 9.88 Å². The fraction of sp³-hybridized carbons (Fsp3) is 0.240. The highest BCUT2D eigenvalue weighted by Crippen LogP contribution is 2.46. The van der Waals surface area contributed by atoms with Gasteiger partial charge in [0.25, 0.3) is 0 Å². The van der Waals surface area contributed by atoms with E-state index in [1.807, 2.05) is 12.3 Å². The molecule has 0 spiro atoms. The number of carbonyl (C=O) groups excluding carboxylic acids is 1. The van der Waals surface area contributed by atoms with Crippen LogP contribution in [0.5, 0.6) is 5.75 Å². The number of aromatic hydroxyl groups is 1. The fourth-order valence-electron chi connectivity index (χ4n) is 4.80. The second kappa shape index (κ2) is 6.51. The molecule has 2 aliphatic heterocycles. The minimum absolute atomic E-state index is 0.0587. The number of fused-ring (bicyclic) bond motifs is 5. The number of phenolic OH excluding ortho intramolecular Hbond substituents is 1. The average molecular weight is 419 g/mol. The Morgan fingerprint density at radius 3 is 2.80 bits per heavy atom. The number of rotatable bonds is 2. The van der Waals surface area contributed by atoms with Crippen molar-refractivity contribution in [1.29, 1.82) is 0 Å². The largest absolute Gasteiger partial charge is 0.507 e. The third-order valence-electron chi connectivity index (χ3n) is 6.63. The molecule has 1 unspecified atom stereocenters. The number of benzene rings is 2. The average Bonchev–Trinajstić information content (AvgIpc) is 3.09. The lowest BCUT2D eigenvalue weighted by Crippen LogP contribution is -2.48. The summed E-state index contributed by atoms with van der Waals surface area (Å²) in [5.41, 5.74) is 6.46. The van der Waals surface area contributed by atoms with Gasteiger partial charge in [-0.1, -0.05) is 23.2 Å². The van der Waals surface area contributed by atoms with Crippen LogP contribution in [-0.2, 0) is 12.0 Å². The lowest BCUT2D eigenvalue weighted by atomic mass is 9.78. The highest BCUT2D eigenvalue weighted by molar-refractivity contribution is 6.31. The van der Waals surface area contributed by atoms with E-state index in [0.29, 0.717) is 10.6 Å². The van der Waals surface area contributed by atoms with Gasteiger partial charge in [0.2, 0.25) is 0 Å². The van der Waals surface area contributed by atoms with Crippen molar-refractivity contribution in [2.75, 3.05) is 6.54 Å². The number of allylic oxidation sites excluding steroid dienone is 2. The maximum Gasteiger partial charge on any atom is 0.198 e. The number of Topliss-reactive ketones (excluding diaryl/α,β-unsaturated/α-hetero) is 1. The molecule has 30 heavy (non-hydrogen) atoms. The number of nitrogens with one attached hydrogen (secondary N) is 1. The van der Waals surface area contributed by atoms with E-state index in [4.69, 9.17) is 11.6 Å². The van der Waals surface area contributed by atoms with Gasteiger partial charge in [-0.3, -0.25) is 4.79 Å². The maximum absolute atomic E-state index is 13.2. The van der Waals surface area contributed by atoms with Gasteiger partial charge < -0.3 is 15.0 Å². The number of phenols is 1. The molecule has 5 rings (SSSR count). The van der Waals surface area contributed by atoms with E-state index in [2.05, 4.69) is 48.9 Å². The molecule has 1 aromatic heterocycles. The van der Waals surface area contributed by atoms with Crippen LogP contribution in [0.2, 0.25) is 5.02 Å². The van der Waals surface area contributed by atoms with Crippen LogP contribution in [0.4, 0.5) is 0 Å². The summed E-state index contributed by atoms with van der Waals surface area (Å²) in [6.07, 6.45) is 4.77. The van der Waals surface area contributed by atoms with Gasteiger partial charge in [-0.25, -0.2) is 0 Å². The van der Waals surface area contributed by atoms with Gasteiger partial charge in [-0.05, 0) is 74.7 Å². The van der Waals surface area contributed by atoms with E-state index < -0.39 is 0 Å². The minimum atomic E-state index is -0.347. The lowest BCUT2D eigenvalue weighted by Gasteiger charge is -2.47. The van der Waals surface area contributed by atoms with Gasteiger partial charge in [0.05, 0.1) is 11.1 Å². The first-order valence-electron chi connectivity index (χ1n) is 10.1. The molecule has 3 heterocycles. The Kier molecular flexibility index (Phi) is 4.13. The predicted molar refractivity (Wildman–Crippen MR) is 120 cm³/mol. The number of carbonyl (C=O) groups is 1. The molecular weight excluding hydrogens is 396 g/mol. The van der Waals surface area contributed by atoms with Crippen LogP contribution >= 0.6 is 11.6 Å². The van der Waals surface area contributed by atoms with E-state index in [-0.39, 0.29) is 22.6 Å². The highest BCUT2D eigenvalue weighted by Gasteiger charge is 2.43. The van der Waals surface area contributed by atoms with Crippen molar-refractivity contribution in [3.8, 4) is 5.75 Å². The molecule has 0 fully saturated rings. The number of aryl methyl sites for hydroxylation is 1. The molecule has 3 aromatic rings. The van der Waals surface area contributed by atoms with Gasteiger partial charge in [0.1, 0.15) is 5.75 Å². The first kappa shape index (κ1) is 19.0. The molecule has 4 nitrogen and oxygen atoms in total. The predicted octanol–water partition coefficient (Wildman–Crippen LogP) is 5.64. The topological polar surface area (TPSA) is 56.3 Å². The second-order valence-electron chi connectivity index (χ2n) is 8.45. The zero-order valence-electron chi connectivity index (χ0n) is 17.2. The van der Waals surface area contributed by atoms with Gasteiger partial charge in [0, 0.05) is 39.9 Å². The number of aromatic nitrogens is 1. The maximum atomic E-state index is 13.2. The van der Waals surface area contributed by atoms with Crippen molar-refractivity contribution in [2.45, 2.75) is 32.7 Å². The number of hydrogen-bond acceptors (Lipinski definition) is 3. The van der Waals surface area contributed by atoms with Crippen LogP contribution < -0.4 is 0 Å². The number of H-pyrrole nitrogens is 1. The molecule has 2 N–H and O–H groups in total. The Bertz CT molecular complexity index is 1280. The molecule has 0 radical (unpaired) electrons. The summed E-state index contributed by atoms with van der Waals surface area (Å²) >= 11 is 6.05. The molecule has 5 heteroatoms. The number of hydrogen-bond donors (Lipinski definition) is 2. The Morgan fingerprint density at radius 1 is 1.20 bits per heavy atom. The Hall–Kier alpha value is -2.98. The zero-order valence-corrected chi connectivity index (χ0v) is 18.0. The van der Waals surface area contributed by atoms with Crippen LogP contribution in [0.1, 0.15) is 41.0 Å². The van der Waals surface area contributed by atoms with Crippen LogP contribution in [0.3, 0.4) is 0 Å². The van der Waals surface area contributed by atoms with Crippen molar-refractivity contribution in [3.05, 3.63) is 87.2 Å². The monoisotopic (exact) mass is 418 g/mol. The van der Waals surface area contributed by atoms with Crippen LogP contribution in [0.15, 0.2) is 59.8 Å². The summed E-state index contributed by atoms with van der Waals surface area (Å²) in [6, 6.07) is 11.1. The molecular formula is C25H23ClN2O2. The van der Waals surface area contributed by atoms with Crippen molar-refractivity contribution in [3.63, 3.8) is 0 Å². The SMILES string of the molecule is CC1=CC(C(=O)c2cc(Cl)ccc2O)=CN2CCc3c([nH]c4ccc(C)cc34)C12C. The van der Waals surface area contributed by atoms with Crippen LogP contribution in [-0.4, -0.2) is 27.3 Å². The van der Waals surface area contributed by atoms with Gasteiger partial charge >= 0.3 is 0 Å². The third-order valence-corrected chi connectivity index (χ3v) is 6.86.